The smallest absolute Gasteiger partial charge is 0.0786 e. The molecule has 2 rings (SSSR count). The van der Waals surface area contributed by atoms with Gasteiger partial charge in [0.15, 0.2) is 0 Å². The van der Waals surface area contributed by atoms with Gasteiger partial charge in [0.05, 0.1) is 28.6 Å². The van der Waals surface area contributed by atoms with Crippen LogP contribution in [0.4, 0.5) is 11.4 Å². The SMILES string of the molecule is CN(C)c1c(Cl)cccc1NCc1ccccn1. The molecule has 0 unspecified atom stereocenters. The molecule has 3 nitrogen and oxygen atoms in total. The van der Waals surface area contributed by atoms with Gasteiger partial charge in [-0.25, -0.2) is 0 Å². The summed E-state index contributed by atoms with van der Waals surface area (Å²) < 4.78 is 0. The fraction of sp³-hybridized carbons (Fsp3) is 0.214. The number of halogens is 1. The maximum absolute atomic E-state index is 6.21. The molecule has 0 aliphatic carbocycles. The Labute approximate surface area is 112 Å². The van der Waals surface area contributed by atoms with Crippen molar-refractivity contribution in [3.63, 3.8) is 0 Å². The van der Waals surface area contributed by atoms with E-state index in [1.54, 1.807) is 6.20 Å². The van der Waals surface area contributed by atoms with E-state index in [1.807, 2.05) is 55.4 Å². The van der Waals surface area contributed by atoms with E-state index in [0.29, 0.717) is 6.54 Å². The number of hydrogen-bond acceptors (Lipinski definition) is 3. The highest BCUT2D eigenvalue weighted by molar-refractivity contribution is 6.34. The maximum atomic E-state index is 6.21. The van der Waals surface area contributed by atoms with Gasteiger partial charge in [0.2, 0.25) is 0 Å². The van der Waals surface area contributed by atoms with Gasteiger partial charge >= 0.3 is 0 Å². The molecule has 4 heteroatoms. The molecule has 0 saturated heterocycles. The predicted octanol–water partition coefficient (Wildman–Crippen LogP) is 3.41. The molecule has 0 fully saturated rings. The minimum Gasteiger partial charge on any atom is -0.378 e. The molecular formula is C14H16ClN3. The van der Waals surface area contributed by atoms with Crippen LogP contribution in [0.3, 0.4) is 0 Å². The lowest BCUT2D eigenvalue weighted by Crippen LogP contribution is -2.13. The Morgan fingerprint density at radius 1 is 1.17 bits per heavy atom. The molecule has 94 valence electrons. The molecular weight excluding hydrogens is 246 g/mol. The number of pyridine rings is 1. The molecule has 0 radical (unpaired) electrons. The summed E-state index contributed by atoms with van der Waals surface area (Å²) in [5.41, 5.74) is 3.01. The van der Waals surface area contributed by atoms with E-state index in [2.05, 4.69) is 10.3 Å². The molecule has 0 aliphatic rings. The average molecular weight is 262 g/mol. The summed E-state index contributed by atoms with van der Waals surface area (Å²) in [6.45, 7) is 0.683. The van der Waals surface area contributed by atoms with Crippen LogP contribution in [0, 0.1) is 0 Å². The standard InChI is InChI=1S/C14H16ClN3/c1-18(2)14-12(15)7-5-8-13(14)17-10-11-6-3-4-9-16-11/h3-9,17H,10H2,1-2H3. The Hall–Kier alpha value is -1.74. The zero-order chi connectivity index (χ0) is 13.0. The summed E-state index contributed by atoms with van der Waals surface area (Å²) in [6, 6.07) is 11.7. The molecule has 1 aromatic carbocycles. The second kappa shape index (κ2) is 5.74. The van der Waals surface area contributed by atoms with Crippen molar-refractivity contribution in [2.24, 2.45) is 0 Å². The first-order valence-corrected chi connectivity index (χ1v) is 6.16. The van der Waals surface area contributed by atoms with E-state index < -0.39 is 0 Å². The Balaban J connectivity index is 2.17. The topological polar surface area (TPSA) is 28.2 Å². The van der Waals surface area contributed by atoms with Gasteiger partial charge in [-0.15, -0.1) is 0 Å². The summed E-state index contributed by atoms with van der Waals surface area (Å²) in [5, 5.41) is 4.10. The molecule has 0 atom stereocenters. The van der Waals surface area contributed by atoms with E-state index in [4.69, 9.17) is 11.6 Å². The maximum Gasteiger partial charge on any atom is 0.0786 e. The van der Waals surface area contributed by atoms with Gasteiger partial charge in [0.1, 0.15) is 0 Å². The van der Waals surface area contributed by atoms with Crippen molar-refractivity contribution in [3.05, 3.63) is 53.3 Å². The number of nitrogens with one attached hydrogen (secondary N) is 1. The molecule has 0 aliphatic heterocycles. The van der Waals surface area contributed by atoms with Crippen LogP contribution in [0.1, 0.15) is 5.69 Å². The Bertz CT molecular complexity index is 512. The fourth-order valence-corrected chi connectivity index (χ4v) is 2.14. The van der Waals surface area contributed by atoms with Crippen molar-refractivity contribution in [1.29, 1.82) is 0 Å². The van der Waals surface area contributed by atoms with E-state index in [9.17, 15) is 0 Å². The summed E-state index contributed by atoms with van der Waals surface area (Å²) >= 11 is 6.21. The van der Waals surface area contributed by atoms with Crippen LogP contribution in [-0.4, -0.2) is 19.1 Å². The number of hydrogen-bond donors (Lipinski definition) is 1. The van der Waals surface area contributed by atoms with E-state index in [-0.39, 0.29) is 0 Å². The molecule has 2 aromatic rings. The lowest BCUT2D eigenvalue weighted by Gasteiger charge is -2.19. The van der Waals surface area contributed by atoms with Crippen LogP contribution >= 0.6 is 11.6 Å². The molecule has 1 aromatic heterocycles. The van der Waals surface area contributed by atoms with Crippen LogP contribution in [0.5, 0.6) is 0 Å². The monoisotopic (exact) mass is 261 g/mol. The fourth-order valence-electron chi connectivity index (χ4n) is 1.80. The van der Waals surface area contributed by atoms with Crippen LogP contribution in [0.15, 0.2) is 42.6 Å². The zero-order valence-corrected chi connectivity index (χ0v) is 11.3. The Morgan fingerprint density at radius 2 is 2.00 bits per heavy atom. The molecule has 0 spiro atoms. The van der Waals surface area contributed by atoms with Crippen LogP contribution in [0.2, 0.25) is 5.02 Å². The van der Waals surface area contributed by atoms with E-state index in [1.165, 1.54) is 0 Å². The predicted molar refractivity (Wildman–Crippen MR) is 77.3 cm³/mol. The van der Waals surface area contributed by atoms with Crippen molar-refractivity contribution in [1.82, 2.24) is 4.98 Å². The second-order valence-corrected chi connectivity index (χ2v) is 4.61. The van der Waals surface area contributed by atoms with Crippen LogP contribution in [0.25, 0.3) is 0 Å². The van der Waals surface area contributed by atoms with Gasteiger partial charge < -0.3 is 10.2 Å². The minimum atomic E-state index is 0.683. The number of benzene rings is 1. The summed E-state index contributed by atoms with van der Waals surface area (Å²) in [6.07, 6.45) is 1.79. The normalized spacial score (nSPS) is 10.2. The summed E-state index contributed by atoms with van der Waals surface area (Å²) in [4.78, 5) is 6.28. The number of para-hydroxylation sites is 1. The highest BCUT2D eigenvalue weighted by Gasteiger charge is 2.08. The number of rotatable bonds is 4. The third-order valence-electron chi connectivity index (χ3n) is 2.62. The average Bonchev–Trinajstić information content (AvgIpc) is 2.37. The van der Waals surface area contributed by atoms with Crippen molar-refractivity contribution in [2.45, 2.75) is 6.54 Å². The Kier molecular flexibility index (Phi) is 4.05. The summed E-state index contributed by atoms with van der Waals surface area (Å²) in [5.74, 6) is 0. The van der Waals surface area contributed by atoms with Gasteiger partial charge in [0, 0.05) is 20.3 Å². The first-order valence-electron chi connectivity index (χ1n) is 5.78. The van der Waals surface area contributed by atoms with Gasteiger partial charge in [0.25, 0.3) is 0 Å². The minimum absolute atomic E-state index is 0.683. The molecule has 1 heterocycles. The first kappa shape index (κ1) is 12.7. The first-order chi connectivity index (χ1) is 8.68. The van der Waals surface area contributed by atoms with Crippen molar-refractivity contribution < 1.29 is 0 Å². The van der Waals surface area contributed by atoms with Gasteiger partial charge in [-0.05, 0) is 24.3 Å². The third-order valence-corrected chi connectivity index (χ3v) is 2.93. The van der Waals surface area contributed by atoms with Crippen molar-refractivity contribution in [2.75, 3.05) is 24.3 Å². The Morgan fingerprint density at radius 3 is 2.67 bits per heavy atom. The van der Waals surface area contributed by atoms with Crippen LogP contribution < -0.4 is 10.2 Å². The third kappa shape index (κ3) is 2.93. The van der Waals surface area contributed by atoms with E-state index >= 15 is 0 Å². The lowest BCUT2D eigenvalue weighted by molar-refractivity contribution is 1.04. The van der Waals surface area contributed by atoms with Gasteiger partial charge in [-0.2, -0.15) is 0 Å². The molecule has 0 amide bonds. The highest BCUT2D eigenvalue weighted by atomic mass is 35.5. The number of nitrogens with zero attached hydrogens (tertiary/aromatic N) is 2. The molecule has 18 heavy (non-hydrogen) atoms. The van der Waals surface area contributed by atoms with E-state index in [0.717, 1.165) is 22.1 Å². The number of anilines is 2. The molecule has 0 bridgehead atoms. The summed E-state index contributed by atoms with van der Waals surface area (Å²) in [7, 11) is 3.96. The highest BCUT2D eigenvalue weighted by Crippen LogP contribution is 2.32. The lowest BCUT2D eigenvalue weighted by atomic mass is 10.2. The largest absolute Gasteiger partial charge is 0.378 e. The quantitative estimate of drug-likeness (QED) is 0.914. The van der Waals surface area contributed by atoms with Crippen LogP contribution in [-0.2, 0) is 6.54 Å². The number of aromatic nitrogens is 1. The van der Waals surface area contributed by atoms with Crippen molar-refractivity contribution in [3.8, 4) is 0 Å². The molecule has 1 N–H and O–H groups in total. The van der Waals surface area contributed by atoms with Gasteiger partial charge in [-0.1, -0.05) is 23.7 Å². The van der Waals surface area contributed by atoms with Crippen molar-refractivity contribution >= 4 is 23.0 Å². The van der Waals surface area contributed by atoms with Gasteiger partial charge in [-0.3, -0.25) is 4.98 Å². The molecule has 0 saturated carbocycles. The zero-order valence-electron chi connectivity index (χ0n) is 10.5. The second-order valence-electron chi connectivity index (χ2n) is 4.21.